The highest BCUT2D eigenvalue weighted by molar-refractivity contribution is 5.73. The number of carbonyl (C=O) groups is 1. The second kappa shape index (κ2) is 5.80. The van der Waals surface area contributed by atoms with Crippen LogP contribution in [0.25, 0.3) is 0 Å². The van der Waals surface area contributed by atoms with E-state index in [4.69, 9.17) is 10.8 Å². The summed E-state index contributed by atoms with van der Waals surface area (Å²) in [4.78, 5) is 12.8. The Bertz CT molecular complexity index is 391. The second-order valence-electron chi connectivity index (χ2n) is 4.57. The quantitative estimate of drug-likeness (QED) is 0.811. The van der Waals surface area contributed by atoms with Crippen LogP contribution in [0.5, 0.6) is 0 Å². The van der Waals surface area contributed by atoms with Gasteiger partial charge in [0.25, 0.3) is 0 Å². The molecular formula is C13H20N2O2. The normalized spacial score (nSPS) is 14.6. The van der Waals surface area contributed by atoms with Crippen molar-refractivity contribution in [2.75, 3.05) is 14.1 Å². The summed E-state index contributed by atoms with van der Waals surface area (Å²) in [6.07, 6.45) is 0.409. The van der Waals surface area contributed by atoms with E-state index in [0.29, 0.717) is 6.42 Å². The van der Waals surface area contributed by atoms with Crippen molar-refractivity contribution in [2.24, 2.45) is 5.73 Å². The molecule has 0 aromatic heterocycles. The summed E-state index contributed by atoms with van der Waals surface area (Å²) in [5, 5.41) is 8.87. The van der Waals surface area contributed by atoms with Gasteiger partial charge in [0.05, 0.1) is 0 Å². The Morgan fingerprint density at radius 3 is 2.59 bits per heavy atom. The molecule has 1 rings (SSSR count). The van der Waals surface area contributed by atoms with Crippen molar-refractivity contribution >= 4 is 5.97 Å². The standard InChI is InChI=1S/C13H20N2O2/c1-9-5-4-6-10(7-9)12(15(2)3)8-11(14)13(16)17/h4-7,11-12H,8,14H2,1-3H3,(H,16,17). The zero-order valence-corrected chi connectivity index (χ0v) is 10.6. The lowest BCUT2D eigenvalue weighted by molar-refractivity contribution is -0.139. The Morgan fingerprint density at radius 2 is 2.12 bits per heavy atom. The molecule has 0 saturated carbocycles. The summed E-state index contributed by atoms with van der Waals surface area (Å²) in [6.45, 7) is 2.02. The maximum Gasteiger partial charge on any atom is 0.320 e. The van der Waals surface area contributed by atoms with Gasteiger partial charge in [-0.05, 0) is 33.0 Å². The first kappa shape index (κ1) is 13.7. The molecule has 0 fully saturated rings. The summed E-state index contributed by atoms with van der Waals surface area (Å²) in [5.74, 6) is -0.954. The van der Waals surface area contributed by atoms with Crippen molar-refractivity contribution in [3.05, 3.63) is 35.4 Å². The SMILES string of the molecule is Cc1cccc(C(CC(N)C(=O)O)N(C)C)c1. The lowest BCUT2D eigenvalue weighted by Gasteiger charge is -2.26. The minimum absolute atomic E-state index is 0.0287. The minimum Gasteiger partial charge on any atom is -0.480 e. The van der Waals surface area contributed by atoms with E-state index in [2.05, 4.69) is 6.07 Å². The Kier molecular flexibility index (Phi) is 4.66. The Labute approximate surface area is 102 Å². The largest absolute Gasteiger partial charge is 0.480 e. The number of nitrogens with zero attached hydrogens (tertiary/aromatic N) is 1. The number of nitrogens with two attached hydrogens (primary N) is 1. The summed E-state index contributed by atoms with van der Waals surface area (Å²) < 4.78 is 0. The number of benzene rings is 1. The first-order chi connectivity index (χ1) is 7.91. The van der Waals surface area contributed by atoms with Crippen molar-refractivity contribution < 1.29 is 9.90 Å². The summed E-state index contributed by atoms with van der Waals surface area (Å²) in [7, 11) is 3.86. The molecule has 0 aliphatic heterocycles. The van der Waals surface area contributed by atoms with Crippen LogP contribution in [0.4, 0.5) is 0 Å². The molecule has 0 amide bonds. The lowest BCUT2D eigenvalue weighted by Crippen LogP contribution is -2.35. The predicted octanol–water partition coefficient (Wildman–Crippen LogP) is 1.40. The van der Waals surface area contributed by atoms with E-state index in [1.165, 1.54) is 5.56 Å². The van der Waals surface area contributed by atoms with E-state index in [1.54, 1.807) is 0 Å². The monoisotopic (exact) mass is 236 g/mol. The molecule has 0 radical (unpaired) electrons. The van der Waals surface area contributed by atoms with Gasteiger partial charge in [-0.25, -0.2) is 0 Å². The number of hydrogen-bond acceptors (Lipinski definition) is 3. The molecule has 0 bridgehead atoms. The fraction of sp³-hybridized carbons (Fsp3) is 0.462. The molecule has 2 atom stereocenters. The van der Waals surface area contributed by atoms with Crippen LogP contribution in [0.1, 0.15) is 23.6 Å². The molecule has 1 aromatic rings. The van der Waals surface area contributed by atoms with E-state index in [9.17, 15) is 4.79 Å². The van der Waals surface area contributed by atoms with Crippen LogP contribution in [0.2, 0.25) is 0 Å². The Morgan fingerprint density at radius 1 is 1.47 bits per heavy atom. The van der Waals surface area contributed by atoms with Gasteiger partial charge >= 0.3 is 5.97 Å². The molecule has 0 spiro atoms. The van der Waals surface area contributed by atoms with Crippen molar-refractivity contribution in [1.82, 2.24) is 4.90 Å². The predicted molar refractivity (Wildman–Crippen MR) is 67.8 cm³/mol. The van der Waals surface area contributed by atoms with Gasteiger partial charge in [-0.2, -0.15) is 0 Å². The molecule has 4 heteroatoms. The van der Waals surface area contributed by atoms with E-state index in [1.807, 2.05) is 44.1 Å². The zero-order valence-electron chi connectivity index (χ0n) is 10.6. The lowest BCUT2D eigenvalue weighted by atomic mass is 9.97. The van der Waals surface area contributed by atoms with Gasteiger partial charge in [0.15, 0.2) is 0 Å². The molecule has 0 aliphatic carbocycles. The third-order valence-corrected chi connectivity index (χ3v) is 2.84. The summed E-state index contributed by atoms with van der Waals surface area (Å²) in [5.41, 5.74) is 7.87. The first-order valence-electron chi connectivity index (χ1n) is 5.63. The second-order valence-corrected chi connectivity index (χ2v) is 4.57. The van der Waals surface area contributed by atoms with Crippen LogP contribution in [-0.4, -0.2) is 36.1 Å². The average Bonchev–Trinajstić information content (AvgIpc) is 2.24. The number of carboxylic acid groups (broad SMARTS) is 1. The number of rotatable bonds is 5. The van der Waals surface area contributed by atoms with Crippen LogP contribution in [0.15, 0.2) is 24.3 Å². The molecule has 0 heterocycles. The van der Waals surface area contributed by atoms with E-state index in [0.717, 1.165) is 5.56 Å². The van der Waals surface area contributed by atoms with E-state index < -0.39 is 12.0 Å². The third kappa shape index (κ3) is 3.84. The fourth-order valence-electron chi connectivity index (χ4n) is 1.86. The molecular weight excluding hydrogens is 216 g/mol. The number of hydrogen-bond donors (Lipinski definition) is 2. The van der Waals surface area contributed by atoms with E-state index >= 15 is 0 Å². The van der Waals surface area contributed by atoms with Gasteiger partial charge in [0.1, 0.15) is 6.04 Å². The Balaban J connectivity index is 2.90. The molecule has 4 nitrogen and oxygen atoms in total. The molecule has 2 unspecified atom stereocenters. The van der Waals surface area contributed by atoms with Crippen LogP contribution in [0.3, 0.4) is 0 Å². The van der Waals surface area contributed by atoms with Crippen molar-refractivity contribution in [3.63, 3.8) is 0 Å². The molecule has 94 valence electrons. The summed E-state index contributed by atoms with van der Waals surface area (Å²) in [6, 6.07) is 7.27. The first-order valence-corrected chi connectivity index (χ1v) is 5.63. The van der Waals surface area contributed by atoms with Crippen molar-refractivity contribution in [1.29, 1.82) is 0 Å². The highest BCUT2D eigenvalue weighted by Gasteiger charge is 2.21. The molecule has 1 aromatic carbocycles. The topological polar surface area (TPSA) is 66.6 Å². The van der Waals surface area contributed by atoms with Crippen LogP contribution < -0.4 is 5.73 Å². The third-order valence-electron chi connectivity index (χ3n) is 2.84. The molecule has 3 N–H and O–H groups in total. The highest BCUT2D eigenvalue weighted by atomic mass is 16.4. The van der Waals surface area contributed by atoms with Crippen molar-refractivity contribution in [2.45, 2.75) is 25.4 Å². The van der Waals surface area contributed by atoms with E-state index in [-0.39, 0.29) is 6.04 Å². The highest BCUT2D eigenvalue weighted by Crippen LogP contribution is 2.23. The number of aliphatic carboxylic acids is 1. The van der Waals surface area contributed by atoms with Gasteiger partial charge < -0.3 is 15.7 Å². The van der Waals surface area contributed by atoms with Gasteiger partial charge in [-0.1, -0.05) is 29.8 Å². The van der Waals surface area contributed by atoms with Gasteiger partial charge in [0, 0.05) is 6.04 Å². The average molecular weight is 236 g/mol. The minimum atomic E-state index is -0.954. The zero-order chi connectivity index (χ0) is 13.0. The van der Waals surface area contributed by atoms with Crippen LogP contribution in [-0.2, 0) is 4.79 Å². The maximum atomic E-state index is 10.8. The van der Waals surface area contributed by atoms with Crippen LogP contribution >= 0.6 is 0 Å². The molecule has 0 aliphatic rings. The smallest absolute Gasteiger partial charge is 0.320 e. The number of carboxylic acids is 1. The van der Waals surface area contributed by atoms with Gasteiger partial charge in [0.2, 0.25) is 0 Å². The van der Waals surface area contributed by atoms with Crippen LogP contribution in [0, 0.1) is 6.92 Å². The summed E-state index contributed by atoms with van der Waals surface area (Å²) >= 11 is 0. The maximum absolute atomic E-state index is 10.8. The molecule has 0 saturated heterocycles. The molecule has 17 heavy (non-hydrogen) atoms. The fourth-order valence-corrected chi connectivity index (χ4v) is 1.86. The van der Waals surface area contributed by atoms with Gasteiger partial charge in [-0.15, -0.1) is 0 Å². The number of aryl methyl sites for hydroxylation is 1. The van der Waals surface area contributed by atoms with Crippen molar-refractivity contribution in [3.8, 4) is 0 Å². The Hall–Kier alpha value is -1.39. The van der Waals surface area contributed by atoms with Gasteiger partial charge in [-0.3, -0.25) is 4.79 Å².